The number of anilines is 1. The molecule has 1 saturated heterocycles. The molecule has 196 valence electrons. The first-order valence-corrected chi connectivity index (χ1v) is 12.9. The van der Waals surface area contributed by atoms with Crippen LogP contribution < -0.4 is 15.4 Å². The number of hydrogen-bond acceptors (Lipinski definition) is 5. The van der Waals surface area contributed by atoms with Crippen molar-refractivity contribution in [2.24, 2.45) is 5.73 Å². The van der Waals surface area contributed by atoms with Gasteiger partial charge in [-0.1, -0.05) is 54.6 Å². The van der Waals surface area contributed by atoms with Gasteiger partial charge in [0.2, 0.25) is 11.8 Å². The number of likely N-dealkylation sites (N-methyl/N-ethyl adjacent to an activating group) is 1. The third kappa shape index (κ3) is 5.40. The van der Waals surface area contributed by atoms with Gasteiger partial charge < -0.3 is 15.4 Å². The van der Waals surface area contributed by atoms with E-state index in [0.717, 1.165) is 37.1 Å². The van der Waals surface area contributed by atoms with Crippen molar-refractivity contribution in [3.8, 4) is 16.9 Å². The Labute approximate surface area is 222 Å². The van der Waals surface area contributed by atoms with E-state index in [4.69, 9.17) is 10.5 Å². The van der Waals surface area contributed by atoms with E-state index in [9.17, 15) is 14.4 Å². The summed E-state index contributed by atoms with van der Waals surface area (Å²) >= 11 is 0. The van der Waals surface area contributed by atoms with E-state index in [1.165, 1.54) is 16.5 Å². The summed E-state index contributed by atoms with van der Waals surface area (Å²) in [5, 5.41) is 0. The highest BCUT2D eigenvalue weighted by Gasteiger charge is 2.31. The molecular formula is C30H32N4O4. The third-order valence-electron chi connectivity index (χ3n) is 7.34. The number of ether oxygens (including phenoxy) is 1. The monoisotopic (exact) mass is 512 g/mol. The SMILES string of the molecule is CN(CC(c1ccc(-c2ccccc2)cc1)N1CCCC1)C(=O)CN1C(=O)COc2ccc(C(N)=O)cc21. The second kappa shape index (κ2) is 11.1. The lowest BCUT2D eigenvalue weighted by Gasteiger charge is -2.34. The fourth-order valence-electron chi connectivity index (χ4n) is 5.16. The first kappa shape index (κ1) is 25.5. The molecule has 1 fully saturated rings. The molecule has 0 aliphatic carbocycles. The maximum absolute atomic E-state index is 13.4. The number of carbonyl (C=O) groups is 3. The molecule has 8 heteroatoms. The van der Waals surface area contributed by atoms with Gasteiger partial charge in [0.1, 0.15) is 12.3 Å². The van der Waals surface area contributed by atoms with Gasteiger partial charge in [0.25, 0.3) is 5.91 Å². The molecule has 2 aliphatic heterocycles. The summed E-state index contributed by atoms with van der Waals surface area (Å²) in [4.78, 5) is 43.3. The van der Waals surface area contributed by atoms with Gasteiger partial charge in [0.05, 0.1) is 11.7 Å². The second-order valence-corrected chi connectivity index (χ2v) is 9.84. The Kier molecular flexibility index (Phi) is 7.42. The lowest BCUT2D eigenvalue weighted by Crippen LogP contribution is -2.47. The van der Waals surface area contributed by atoms with E-state index in [2.05, 4.69) is 41.3 Å². The van der Waals surface area contributed by atoms with Crippen molar-refractivity contribution in [2.75, 3.05) is 44.7 Å². The van der Waals surface area contributed by atoms with E-state index in [1.54, 1.807) is 24.1 Å². The Morgan fingerprint density at radius 2 is 1.66 bits per heavy atom. The number of primary amides is 1. The van der Waals surface area contributed by atoms with E-state index < -0.39 is 5.91 Å². The largest absolute Gasteiger partial charge is 0.482 e. The van der Waals surface area contributed by atoms with Crippen molar-refractivity contribution in [3.63, 3.8) is 0 Å². The first-order valence-electron chi connectivity index (χ1n) is 12.9. The van der Waals surface area contributed by atoms with Crippen LogP contribution in [0.3, 0.4) is 0 Å². The molecule has 1 atom stereocenters. The lowest BCUT2D eigenvalue weighted by atomic mass is 9.99. The minimum atomic E-state index is -0.610. The maximum Gasteiger partial charge on any atom is 0.265 e. The quantitative estimate of drug-likeness (QED) is 0.499. The average Bonchev–Trinajstić information content (AvgIpc) is 3.48. The Bertz CT molecular complexity index is 1320. The topological polar surface area (TPSA) is 96.2 Å². The molecule has 1 unspecified atom stereocenters. The molecule has 8 nitrogen and oxygen atoms in total. The van der Waals surface area contributed by atoms with Crippen molar-refractivity contribution in [1.29, 1.82) is 0 Å². The van der Waals surface area contributed by atoms with Crippen LogP contribution in [0.25, 0.3) is 11.1 Å². The molecule has 0 saturated carbocycles. The number of nitrogens with two attached hydrogens (primary N) is 1. The highest BCUT2D eigenvalue weighted by Crippen LogP contribution is 2.33. The molecule has 3 aromatic rings. The van der Waals surface area contributed by atoms with Crippen LogP contribution >= 0.6 is 0 Å². The lowest BCUT2D eigenvalue weighted by molar-refractivity contribution is -0.131. The fourth-order valence-corrected chi connectivity index (χ4v) is 5.16. The molecular weight excluding hydrogens is 480 g/mol. The van der Waals surface area contributed by atoms with Crippen molar-refractivity contribution < 1.29 is 19.1 Å². The number of likely N-dealkylation sites (tertiary alicyclic amines) is 1. The highest BCUT2D eigenvalue weighted by atomic mass is 16.5. The minimum absolute atomic E-state index is 0.0467. The minimum Gasteiger partial charge on any atom is -0.482 e. The molecule has 0 spiro atoms. The molecule has 2 heterocycles. The number of rotatable bonds is 8. The van der Waals surface area contributed by atoms with Gasteiger partial charge in [-0.05, 0) is 60.8 Å². The van der Waals surface area contributed by atoms with Crippen molar-refractivity contribution >= 4 is 23.4 Å². The van der Waals surface area contributed by atoms with Gasteiger partial charge in [-0.15, -0.1) is 0 Å². The molecule has 38 heavy (non-hydrogen) atoms. The fraction of sp³-hybridized carbons (Fsp3) is 0.300. The summed E-state index contributed by atoms with van der Waals surface area (Å²) in [7, 11) is 1.77. The number of amides is 3. The zero-order valence-electron chi connectivity index (χ0n) is 21.5. The summed E-state index contributed by atoms with van der Waals surface area (Å²) < 4.78 is 5.50. The molecule has 2 N–H and O–H groups in total. The molecule has 0 radical (unpaired) electrons. The Morgan fingerprint density at radius 1 is 0.974 bits per heavy atom. The van der Waals surface area contributed by atoms with Crippen molar-refractivity contribution in [1.82, 2.24) is 9.80 Å². The summed E-state index contributed by atoms with van der Waals surface area (Å²) in [6, 6.07) is 23.5. The van der Waals surface area contributed by atoms with Crippen molar-refractivity contribution in [2.45, 2.75) is 18.9 Å². The summed E-state index contributed by atoms with van der Waals surface area (Å²) in [6.45, 7) is 2.16. The van der Waals surface area contributed by atoms with Crippen LogP contribution in [0.1, 0.15) is 34.8 Å². The number of hydrogen-bond donors (Lipinski definition) is 1. The first-order chi connectivity index (χ1) is 18.4. The molecule has 3 amide bonds. The predicted octanol–water partition coefficient (Wildman–Crippen LogP) is 3.47. The van der Waals surface area contributed by atoms with Crippen LogP contribution in [0.2, 0.25) is 0 Å². The number of nitrogens with zero attached hydrogens (tertiary/aromatic N) is 3. The van der Waals surface area contributed by atoms with Gasteiger partial charge in [-0.2, -0.15) is 0 Å². The Morgan fingerprint density at radius 3 is 2.34 bits per heavy atom. The Hall–Kier alpha value is -4.17. The summed E-state index contributed by atoms with van der Waals surface area (Å²) in [6.07, 6.45) is 2.27. The van der Waals surface area contributed by atoms with Gasteiger partial charge in [0.15, 0.2) is 6.61 Å². The average molecular weight is 513 g/mol. The maximum atomic E-state index is 13.4. The van der Waals surface area contributed by atoms with Crippen LogP contribution in [0.4, 0.5) is 5.69 Å². The zero-order valence-corrected chi connectivity index (χ0v) is 21.5. The summed E-state index contributed by atoms with van der Waals surface area (Å²) in [5.74, 6) is -0.700. The van der Waals surface area contributed by atoms with E-state index in [-0.39, 0.29) is 36.6 Å². The number of benzene rings is 3. The number of carbonyl (C=O) groups excluding carboxylic acids is 3. The summed E-state index contributed by atoms with van der Waals surface area (Å²) in [5.41, 5.74) is 9.53. The van der Waals surface area contributed by atoms with Crippen molar-refractivity contribution in [3.05, 3.63) is 83.9 Å². The molecule has 0 aromatic heterocycles. The molecule has 3 aromatic carbocycles. The van der Waals surface area contributed by atoms with Gasteiger partial charge in [0, 0.05) is 19.2 Å². The van der Waals surface area contributed by atoms with Crippen LogP contribution in [0.15, 0.2) is 72.8 Å². The van der Waals surface area contributed by atoms with E-state index in [1.807, 2.05) is 18.2 Å². The third-order valence-corrected chi connectivity index (χ3v) is 7.34. The van der Waals surface area contributed by atoms with E-state index >= 15 is 0 Å². The van der Waals surface area contributed by atoms with Crippen LogP contribution in [0.5, 0.6) is 5.75 Å². The number of fused-ring (bicyclic) bond motifs is 1. The van der Waals surface area contributed by atoms with Gasteiger partial charge in [-0.3, -0.25) is 24.2 Å². The standard InChI is InChI=1S/C30H32N4O4/c1-32(28(35)19-34-25-17-24(30(31)37)13-14-27(25)38-20-29(34)36)18-26(33-15-5-6-16-33)23-11-9-22(10-12-23)21-7-3-2-4-8-21/h2-4,7-14,17,26H,5-6,15-16,18-20H2,1H3,(H2,31,37). The second-order valence-electron chi connectivity index (χ2n) is 9.84. The molecule has 0 bridgehead atoms. The normalized spacial score (nSPS) is 16.0. The van der Waals surface area contributed by atoms with Gasteiger partial charge >= 0.3 is 0 Å². The molecule has 2 aliphatic rings. The predicted molar refractivity (Wildman–Crippen MR) is 146 cm³/mol. The zero-order chi connectivity index (χ0) is 26.6. The van der Waals surface area contributed by atoms with Gasteiger partial charge in [-0.25, -0.2) is 0 Å². The van der Waals surface area contributed by atoms with Crippen LogP contribution in [0, 0.1) is 0 Å². The molecule has 5 rings (SSSR count). The Balaban J connectivity index is 1.33. The van der Waals surface area contributed by atoms with Crippen LogP contribution in [-0.2, 0) is 9.59 Å². The van der Waals surface area contributed by atoms with Crippen LogP contribution in [-0.4, -0.2) is 67.4 Å². The smallest absolute Gasteiger partial charge is 0.265 e. The highest BCUT2D eigenvalue weighted by molar-refractivity contribution is 6.04. The van der Waals surface area contributed by atoms with E-state index in [0.29, 0.717) is 18.0 Å².